The summed E-state index contributed by atoms with van der Waals surface area (Å²) in [6, 6.07) is 3.99. The van der Waals surface area contributed by atoms with Gasteiger partial charge < -0.3 is 14.7 Å². The normalized spacial score (nSPS) is 20.5. The lowest BCUT2D eigenvalue weighted by molar-refractivity contribution is -0.385. The van der Waals surface area contributed by atoms with Crippen molar-refractivity contribution in [3.05, 3.63) is 39.4 Å². The number of aryl methyl sites for hydroxylation is 1. The minimum atomic E-state index is -1.02. The number of benzene rings is 1. The Balaban J connectivity index is 2.37. The lowest BCUT2D eigenvalue weighted by Crippen LogP contribution is -2.37. The van der Waals surface area contributed by atoms with Crippen molar-refractivity contribution >= 4 is 17.6 Å². The van der Waals surface area contributed by atoms with E-state index in [1.807, 2.05) is 0 Å². The predicted molar refractivity (Wildman–Crippen MR) is 80.3 cm³/mol. The topological polar surface area (TPSA) is 110 Å². The number of hydrogen-bond acceptors (Lipinski definition) is 5. The smallest absolute Gasteiger partial charge is 0.305 e. The summed E-state index contributed by atoms with van der Waals surface area (Å²) in [4.78, 5) is 35.8. The van der Waals surface area contributed by atoms with Gasteiger partial charge in [-0.2, -0.15) is 0 Å². The van der Waals surface area contributed by atoms with E-state index in [1.54, 1.807) is 19.1 Å². The Hall–Kier alpha value is -2.48. The second-order valence-electron chi connectivity index (χ2n) is 5.53. The average molecular weight is 322 g/mol. The number of ether oxygens (including phenoxy) is 1. The van der Waals surface area contributed by atoms with Crippen LogP contribution in [0.25, 0.3) is 0 Å². The van der Waals surface area contributed by atoms with Gasteiger partial charge in [0, 0.05) is 25.3 Å². The average Bonchev–Trinajstić information content (AvgIpc) is 2.88. The molecule has 2 atom stereocenters. The molecule has 0 aromatic heterocycles. The van der Waals surface area contributed by atoms with Crippen LogP contribution < -0.4 is 0 Å². The maximum absolute atomic E-state index is 12.8. The number of aliphatic carboxylic acids is 1. The number of hydrogen-bond donors (Lipinski definition) is 1. The maximum atomic E-state index is 12.8. The number of likely N-dealkylation sites (tertiary alicyclic amines) is 1. The van der Waals surface area contributed by atoms with Crippen LogP contribution in [0.5, 0.6) is 0 Å². The zero-order valence-corrected chi connectivity index (χ0v) is 12.9. The third kappa shape index (κ3) is 3.48. The van der Waals surface area contributed by atoms with Gasteiger partial charge in [-0.25, -0.2) is 0 Å². The summed E-state index contributed by atoms with van der Waals surface area (Å²) in [6.45, 7) is 1.78. The van der Waals surface area contributed by atoms with Crippen molar-refractivity contribution in [2.24, 2.45) is 0 Å². The number of para-hydroxylation sites is 1. The van der Waals surface area contributed by atoms with Crippen LogP contribution in [0.15, 0.2) is 18.2 Å². The highest BCUT2D eigenvalue weighted by atomic mass is 16.6. The van der Waals surface area contributed by atoms with Crippen molar-refractivity contribution in [3.63, 3.8) is 0 Å². The summed E-state index contributed by atoms with van der Waals surface area (Å²) in [5.41, 5.74) is 0.118. The van der Waals surface area contributed by atoms with Gasteiger partial charge in [0.25, 0.3) is 11.6 Å². The standard InChI is InChI=1S/C15H18N2O6/c1-9-4-3-5-12(14(9)17(21)22)15(20)16-8-11(23-2)6-10(16)7-13(18)19/h3-5,10-11H,6-8H2,1-2H3,(H,18,19). The number of rotatable bonds is 5. The van der Waals surface area contributed by atoms with Gasteiger partial charge in [0.1, 0.15) is 5.56 Å². The van der Waals surface area contributed by atoms with Crippen molar-refractivity contribution in [2.75, 3.05) is 13.7 Å². The molecule has 8 nitrogen and oxygen atoms in total. The Labute approximate surface area is 132 Å². The van der Waals surface area contributed by atoms with Gasteiger partial charge in [-0.05, 0) is 19.4 Å². The first kappa shape index (κ1) is 16.9. The number of amides is 1. The summed E-state index contributed by atoms with van der Waals surface area (Å²) in [5, 5.41) is 20.3. The van der Waals surface area contributed by atoms with E-state index >= 15 is 0 Å². The van der Waals surface area contributed by atoms with Crippen molar-refractivity contribution in [2.45, 2.75) is 31.9 Å². The molecule has 2 unspecified atom stereocenters. The van der Waals surface area contributed by atoms with Crippen LogP contribution in [0, 0.1) is 17.0 Å². The third-order valence-electron chi connectivity index (χ3n) is 4.03. The molecule has 0 aliphatic carbocycles. The summed E-state index contributed by atoms with van der Waals surface area (Å²) in [7, 11) is 1.49. The van der Waals surface area contributed by atoms with Crippen LogP contribution in [0.2, 0.25) is 0 Å². The van der Waals surface area contributed by atoms with E-state index in [1.165, 1.54) is 18.1 Å². The minimum absolute atomic E-state index is 0.0258. The molecule has 1 aliphatic rings. The molecule has 2 rings (SSSR count). The number of methoxy groups -OCH3 is 1. The molecule has 0 spiro atoms. The number of carbonyl (C=O) groups excluding carboxylic acids is 1. The minimum Gasteiger partial charge on any atom is -0.481 e. The van der Waals surface area contributed by atoms with Gasteiger partial charge in [-0.3, -0.25) is 19.7 Å². The summed E-state index contributed by atoms with van der Waals surface area (Å²) >= 11 is 0. The summed E-state index contributed by atoms with van der Waals surface area (Å²) in [6.07, 6.45) is -0.0912. The molecule has 124 valence electrons. The van der Waals surface area contributed by atoms with Gasteiger partial charge in [0.15, 0.2) is 0 Å². The zero-order chi connectivity index (χ0) is 17.1. The fraction of sp³-hybridized carbons (Fsp3) is 0.467. The lowest BCUT2D eigenvalue weighted by atomic mass is 10.1. The number of nitrogens with zero attached hydrogens (tertiary/aromatic N) is 2. The lowest BCUT2D eigenvalue weighted by Gasteiger charge is -2.23. The highest BCUT2D eigenvalue weighted by molar-refractivity contribution is 5.99. The second-order valence-corrected chi connectivity index (χ2v) is 5.53. The first-order chi connectivity index (χ1) is 10.8. The van der Waals surface area contributed by atoms with Crippen molar-refractivity contribution in [1.82, 2.24) is 4.90 Å². The molecule has 8 heteroatoms. The maximum Gasteiger partial charge on any atom is 0.305 e. The molecule has 1 aromatic rings. The van der Waals surface area contributed by atoms with E-state index < -0.39 is 22.8 Å². The summed E-state index contributed by atoms with van der Waals surface area (Å²) in [5.74, 6) is -1.56. The Morgan fingerprint density at radius 2 is 2.17 bits per heavy atom. The van der Waals surface area contributed by atoms with Gasteiger partial charge in [-0.15, -0.1) is 0 Å². The fourth-order valence-electron chi connectivity index (χ4n) is 2.92. The predicted octanol–water partition coefficient (Wildman–Crippen LogP) is 1.61. The number of nitro benzene ring substituents is 1. The van der Waals surface area contributed by atoms with Crippen LogP contribution in [0.3, 0.4) is 0 Å². The van der Waals surface area contributed by atoms with E-state index in [2.05, 4.69) is 0 Å². The van der Waals surface area contributed by atoms with Crippen molar-refractivity contribution in [1.29, 1.82) is 0 Å². The van der Waals surface area contributed by atoms with Crippen molar-refractivity contribution in [3.8, 4) is 0 Å². The molecule has 23 heavy (non-hydrogen) atoms. The van der Waals surface area contributed by atoms with Crippen LogP contribution in [-0.2, 0) is 9.53 Å². The van der Waals surface area contributed by atoms with Gasteiger partial charge in [0.2, 0.25) is 0 Å². The van der Waals surface area contributed by atoms with Gasteiger partial charge >= 0.3 is 5.97 Å². The molecule has 1 aliphatic heterocycles. The number of carbonyl (C=O) groups is 2. The van der Waals surface area contributed by atoms with Crippen molar-refractivity contribution < 1.29 is 24.4 Å². The van der Waals surface area contributed by atoms with E-state index in [4.69, 9.17) is 9.84 Å². The molecular formula is C15H18N2O6. The molecule has 1 fully saturated rings. The number of carboxylic acid groups (broad SMARTS) is 1. The summed E-state index contributed by atoms with van der Waals surface area (Å²) < 4.78 is 5.22. The Morgan fingerprint density at radius 3 is 2.74 bits per heavy atom. The highest BCUT2D eigenvalue weighted by Crippen LogP contribution is 2.29. The molecule has 1 amide bonds. The van der Waals surface area contributed by atoms with Crippen LogP contribution in [0.1, 0.15) is 28.8 Å². The number of carboxylic acids is 1. The van der Waals surface area contributed by atoms with Crippen LogP contribution in [-0.4, -0.2) is 52.6 Å². The molecule has 1 saturated heterocycles. The fourth-order valence-corrected chi connectivity index (χ4v) is 2.92. The monoisotopic (exact) mass is 322 g/mol. The molecule has 0 bridgehead atoms. The first-order valence-corrected chi connectivity index (χ1v) is 7.14. The Kier molecular flexibility index (Phi) is 4.95. The van der Waals surface area contributed by atoms with E-state index in [9.17, 15) is 19.7 Å². The van der Waals surface area contributed by atoms with E-state index in [0.29, 0.717) is 12.0 Å². The molecule has 1 N–H and O–H groups in total. The molecular weight excluding hydrogens is 304 g/mol. The molecule has 1 heterocycles. The molecule has 1 aromatic carbocycles. The Bertz CT molecular complexity index is 645. The third-order valence-corrected chi connectivity index (χ3v) is 4.03. The quantitative estimate of drug-likeness (QED) is 0.651. The largest absolute Gasteiger partial charge is 0.481 e. The van der Waals surface area contributed by atoms with Gasteiger partial charge in [-0.1, -0.05) is 12.1 Å². The number of nitro groups is 1. The zero-order valence-electron chi connectivity index (χ0n) is 12.9. The SMILES string of the molecule is COC1CC(CC(=O)O)N(C(=O)c2cccc(C)c2[N+](=O)[O-])C1. The molecule has 0 saturated carbocycles. The molecule has 0 radical (unpaired) electrons. The van der Waals surface area contributed by atoms with E-state index in [-0.39, 0.29) is 30.3 Å². The van der Waals surface area contributed by atoms with Crippen LogP contribution in [0.4, 0.5) is 5.69 Å². The van der Waals surface area contributed by atoms with Gasteiger partial charge in [0.05, 0.1) is 17.4 Å². The first-order valence-electron chi connectivity index (χ1n) is 7.14. The van der Waals surface area contributed by atoms with Crippen LogP contribution >= 0.6 is 0 Å². The highest BCUT2D eigenvalue weighted by Gasteiger charge is 2.39. The second kappa shape index (κ2) is 6.74. The van der Waals surface area contributed by atoms with E-state index in [0.717, 1.165) is 0 Å². The Morgan fingerprint density at radius 1 is 1.48 bits per heavy atom.